The second-order valence-electron chi connectivity index (χ2n) is 6.18. The van der Waals surface area contributed by atoms with Crippen molar-refractivity contribution in [2.45, 2.75) is 26.2 Å². The van der Waals surface area contributed by atoms with Crippen LogP contribution in [-0.2, 0) is 4.79 Å². The zero-order valence-corrected chi connectivity index (χ0v) is 15.2. The third kappa shape index (κ3) is 4.96. The van der Waals surface area contributed by atoms with Crippen molar-refractivity contribution in [1.29, 1.82) is 0 Å². The van der Waals surface area contributed by atoms with E-state index in [-0.39, 0.29) is 6.54 Å². The maximum Gasteiger partial charge on any atom is 0.280 e. The molecular weight excluding hydrogens is 348 g/mol. The van der Waals surface area contributed by atoms with Crippen LogP contribution in [0.1, 0.15) is 31.7 Å². The SMILES string of the molecule is C=C(C)CNC(=O)C(F)=C(C)C=C[C@@H]1C[C@H]1c1ccc(Cl)c(Cl)c1. The summed E-state index contributed by atoms with van der Waals surface area (Å²) < 4.78 is 14.0. The standard InChI is InChI=1S/C19H20Cl2FNO/c1-11(2)10-23-19(24)18(22)12(3)4-5-13-8-15(13)14-6-7-16(20)17(21)9-14/h4-7,9,13,15H,1,8,10H2,2-3H3,(H,23,24)/t13-,15-/m1/s1. The van der Waals surface area contributed by atoms with Gasteiger partial charge < -0.3 is 5.32 Å². The molecule has 1 aromatic rings. The second-order valence-corrected chi connectivity index (χ2v) is 6.99. The summed E-state index contributed by atoms with van der Waals surface area (Å²) in [6.45, 7) is 7.29. The number of benzene rings is 1. The van der Waals surface area contributed by atoms with Crippen molar-refractivity contribution in [1.82, 2.24) is 5.32 Å². The quantitative estimate of drug-likeness (QED) is 0.396. The topological polar surface area (TPSA) is 29.1 Å². The summed E-state index contributed by atoms with van der Waals surface area (Å²) in [5.74, 6) is -0.788. The van der Waals surface area contributed by atoms with Crippen LogP contribution in [0.5, 0.6) is 0 Å². The Kier molecular flexibility index (Phi) is 6.25. The first-order valence-corrected chi connectivity index (χ1v) is 8.47. The van der Waals surface area contributed by atoms with Gasteiger partial charge in [0.25, 0.3) is 5.91 Å². The van der Waals surface area contributed by atoms with Crippen LogP contribution < -0.4 is 5.32 Å². The van der Waals surface area contributed by atoms with Crippen molar-refractivity contribution in [3.05, 3.63) is 69.5 Å². The monoisotopic (exact) mass is 367 g/mol. The van der Waals surface area contributed by atoms with E-state index in [1.807, 2.05) is 18.2 Å². The third-order valence-electron chi connectivity index (χ3n) is 3.90. The fraction of sp³-hybridized carbons (Fsp3) is 0.316. The number of carbonyl (C=O) groups excluding carboxylic acids is 1. The minimum absolute atomic E-state index is 0.269. The molecule has 1 saturated carbocycles. The lowest BCUT2D eigenvalue weighted by Gasteiger charge is -2.04. The molecule has 0 spiro atoms. The zero-order valence-electron chi connectivity index (χ0n) is 13.7. The summed E-state index contributed by atoms with van der Waals surface area (Å²) >= 11 is 11.9. The van der Waals surface area contributed by atoms with Crippen LogP contribution >= 0.6 is 23.2 Å². The molecule has 1 N–H and O–H groups in total. The molecule has 1 fully saturated rings. The van der Waals surface area contributed by atoms with Crippen molar-refractivity contribution in [2.24, 2.45) is 5.92 Å². The average molecular weight is 368 g/mol. The molecule has 0 saturated heterocycles. The number of rotatable bonds is 6. The van der Waals surface area contributed by atoms with Gasteiger partial charge in [-0.25, -0.2) is 4.39 Å². The summed E-state index contributed by atoms with van der Waals surface area (Å²) in [5, 5.41) is 3.56. The van der Waals surface area contributed by atoms with Crippen molar-refractivity contribution in [3.63, 3.8) is 0 Å². The maximum atomic E-state index is 14.0. The molecule has 0 aliphatic heterocycles. The van der Waals surface area contributed by atoms with Gasteiger partial charge in [0, 0.05) is 6.54 Å². The van der Waals surface area contributed by atoms with E-state index in [2.05, 4.69) is 11.9 Å². The summed E-state index contributed by atoms with van der Waals surface area (Å²) in [6, 6.07) is 5.62. The van der Waals surface area contributed by atoms with Crippen LogP contribution in [-0.4, -0.2) is 12.5 Å². The van der Waals surface area contributed by atoms with Crippen LogP contribution in [0, 0.1) is 5.92 Å². The highest BCUT2D eigenvalue weighted by atomic mass is 35.5. The Morgan fingerprint density at radius 1 is 1.38 bits per heavy atom. The van der Waals surface area contributed by atoms with Crippen LogP contribution in [0.4, 0.5) is 4.39 Å². The Hall–Kier alpha value is -1.58. The molecule has 2 nitrogen and oxygen atoms in total. The Bertz CT molecular complexity index is 724. The number of allylic oxidation sites excluding steroid dienone is 3. The van der Waals surface area contributed by atoms with E-state index >= 15 is 0 Å². The fourth-order valence-electron chi connectivity index (χ4n) is 2.38. The van der Waals surface area contributed by atoms with E-state index < -0.39 is 11.7 Å². The Balaban J connectivity index is 1.96. The molecule has 0 unspecified atom stereocenters. The van der Waals surface area contributed by atoms with Gasteiger partial charge in [0.15, 0.2) is 5.83 Å². The number of halogens is 3. The Morgan fingerprint density at radius 2 is 2.08 bits per heavy atom. The van der Waals surface area contributed by atoms with Gasteiger partial charge in [-0.05, 0) is 55.4 Å². The molecule has 1 aliphatic rings. The predicted molar refractivity (Wildman–Crippen MR) is 98.1 cm³/mol. The van der Waals surface area contributed by atoms with Crippen molar-refractivity contribution in [2.75, 3.05) is 6.54 Å². The maximum absolute atomic E-state index is 14.0. The van der Waals surface area contributed by atoms with Crippen molar-refractivity contribution < 1.29 is 9.18 Å². The van der Waals surface area contributed by atoms with Crippen LogP contribution in [0.3, 0.4) is 0 Å². The third-order valence-corrected chi connectivity index (χ3v) is 4.64. The first-order chi connectivity index (χ1) is 11.3. The molecule has 1 amide bonds. The second kappa shape index (κ2) is 8.00. The van der Waals surface area contributed by atoms with Gasteiger partial charge in [0.2, 0.25) is 0 Å². The van der Waals surface area contributed by atoms with E-state index in [1.54, 1.807) is 26.0 Å². The van der Waals surface area contributed by atoms with E-state index in [4.69, 9.17) is 23.2 Å². The average Bonchev–Trinajstić information content (AvgIpc) is 3.31. The zero-order chi connectivity index (χ0) is 17.9. The summed E-state index contributed by atoms with van der Waals surface area (Å²) in [7, 11) is 0. The lowest BCUT2D eigenvalue weighted by molar-refractivity contribution is -0.118. The van der Waals surface area contributed by atoms with Gasteiger partial charge in [-0.2, -0.15) is 0 Å². The largest absolute Gasteiger partial charge is 0.346 e. The van der Waals surface area contributed by atoms with Gasteiger partial charge in [-0.3, -0.25) is 4.79 Å². The Labute approximate surface area is 152 Å². The molecule has 24 heavy (non-hydrogen) atoms. The van der Waals surface area contributed by atoms with Gasteiger partial charge in [0.1, 0.15) is 0 Å². The highest BCUT2D eigenvalue weighted by Crippen LogP contribution is 2.49. The van der Waals surface area contributed by atoms with Crippen molar-refractivity contribution in [3.8, 4) is 0 Å². The summed E-state index contributed by atoms with van der Waals surface area (Å²) in [5.41, 5.74) is 2.21. The molecule has 128 valence electrons. The molecule has 2 rings (SSSR count). The minimum Gasteiger partial charge on any atom is -0.346 e. The number of hydrogen-bond donors (Lipinski definition) is 1. The summed E-state index contributed by atoms with van der Waals surface area (Å²) in [4.78, 5) is 11.7. The molecule has 1 aromatic carbocycles. The number of nitrogens with one attached hydrogen (secondary N) is 1. The molecule has 5 heteroatoms. The molecule has 0 bridgehead atoms. The number of carbonyl (C=O) groups is 1. The van der Waals surface area contributed by atoms with Gasteiger partial charge in [-0.1, -0.05) is 53.6 Å². The van der Waals surface area contributed by atoms with Gasteiger partial charge in [-0.15, -0.1) is 0 Å². The lowest BCUT2D eigenvalue weighted by Crippen LogP contribution is -2.25. The molecule has 0 heterocycles. The highest BCUT2D eigenvalue weighted by Gasteiger charge is 2.36. The first kappa shape index (κ1) is 18.8. The molecule has 0 aromatic heterocycles. The number of amides is 1. The van der Waals surface area contributed by atoms with E-state index in [1.165, 1.54) is 0 Å². The molecule has 0 radical (unpaired) electrons. The predicted octanol–water partition coefficient (Wildman–Crippen LogP) is 5.59. The number of hydrogen-bond acceptors (Lipinski definition) is 1. The normalized spacial score (nSPS) is 20.7. The highest BCUT2D eigenvalue weighted by molar-refractivity contribution is 6.42. The minimum atomic E-state index is -0.765. The fourth-order valence-corrected chi connectivity index (χ4v) is 2.69. The molecule has 1 aliphatic carbocycles. The Morgan fingerprint density at radius 3 is 2.71 bits per heavy atom. The van der Waals surface area contributed by atoms with Gasteiger partial charge >= 0.3 is 0 Å². The van der Waals surface area contributed by atoms with E-state index in [0.29, 0.717) is 27.5 Å². The van der Waals surface area contributed by atoms with E-state index in [9.17, 15) is 9.18 Å². The smallest absolute Gasteiger partial charge is 0.280 e. The first-order valence-electron chi connectivity index (χ1n) is 7.71. The van der Waals surface area contributed by atoms with E-state index in [0.717, 1.165) is 17.6 Å². The molecular formula is C19H20Cl2FNO. The van der Waals surface area contributed by atoms with Crippen LogP contribution in [0.15, 0.2) is 53.9 Å². The summed E-state index contributed by atoms with van der Waals surface area (Å²) in [6.07, 6.45) is 4.58. The van der Waals surface area contributed by atoms with Crippen LogP contribution in [0.25, 0.3) is 0 Å². The molecule has 2 atom stereocenters. The van der Waals surface area contributed by atoms with Crippen LogP contribution in [0.2, 0.25) is 10.0 Å². The lowest BCUT2D eigenvalue weighted by atomic mass is 10.1. The van der Waals surface area contributed by atoms with Crippen molar-refractivity contribution >= 4 is 29.1 Å². The van der Waals surface area contributed by atoms with Gasteiger partial charge in [0.05, 0.1) is 10.0 Å².